The normalized spacial score (nSPS) is 22.3. The van der Waals surface area contributed by atoms with Crippen LogP contribution in [-0.2, 0) is 28.5 Å². The quantitative estimate of drug-likeness (QED) is 0.0573. The molecule has 0 spiro atoms. The maximum Gasteiger partial charge on any atom is 0.306 e. The van der Waals surface area contributed by atoms with Gasteiger partial charge in [0.25, 0.3) is 0 Å². The summed E-state index contributed by atoms with van der Waals surface area (Å²) in [5, 5.41) is 39.8. The molecule has 4 N–H and O–H groups in total. The SMILES string of the molecule is CCCCCCCCCCCCCCC(=O)O[C@H](COC(=O)CCCCCCCCCC)CO[C@@H]1O[C@H](CO)[C@H](O)C(O)C1O. The number of carbonyl (C=O) groups excluding carboxylic acids is 2. The standard InChI is InChI=1S/C35H66O10/c1-3-5-7-9-11-13-14-15-16-18-20-22-24-31(38)44-28(26-42-30(37)23-21-19-17-12-10-8-6-4-2)27-43-35-34(41)33(40)32(39)29(25-36)45-35/h28-29,32-36,39-41H,3-27H2,1-2H3/t28-,29-,32+,33?,34?,35-/m1/s1. The molecule has 1 rings (SSSR count). The Bertz CT molecular complexity index is 719. The van der Waals surface area contributed by atoms with Crippen molar-refractivity contribution in [3.63, 3.8) is 0 Å². The van der Waals surface area contributed by atoms with Crippen LogP contribution in [0.2, 0.25) is 0 Å². The van der Waals surface area contributed by atoms with E-state index in [2.05, 4.69) is 13.8 Å². The van der Waals surface area contributed by atoms with Crippen LogP contribution in [-0.4, -0.2) is 89.0 Å². The van der Waals surface area contributed by atoms with Crippen molar-refractivity contribution in [2.24, 2.45) is 0 Å². The minimum absolute atomic E-state index is 0.211. The molecule has 0 aromatic carbocycles. The van der Waals surface area contributed by atoms with Crippen molar-refractivity contribution < 1.29 is 49.0 Å². The molecule has 1 aliphatic rings. The Morgan fingerprint density at radius 1 is 0.600 bits per heavy atom. The fraction of sp³-hybridized carbons (Fsp3) is 0.943. The topological polar surface area (TPSA) is 152 Å². The van der Waals surface area contributed by atoms with Gasteiger partial charge in [0, 0.05) is 12.8 Å². The zero-order valence-corrected chi connectivity index (χ0v) is 28.4. The van der Waals surface area contributed by atoms with E-state index in [0.717, 1.165) is 38.5 Å². The molecule has 0 bridgehead atoms. The van der Waals surface area contributed by atoms with E-state index in [1.165, 1.54) is 83.5 Å². The Balaban J connectivity index is 2.42. The number of hydrogen-bond donors (Lipinski definition) is 4. The fourth-order valence-electron chi connectivity index (χ4n) is 5.54. The average Bonchev–Trinajstić information content (AvgIpc) is 3.03. The molecular formula is C35H66O10. The van der Waals surface area contributed by atoms with Gasteiger partial charge in [0.1, 0.15) is 31.0 Å². The van der Waals surface area contributed by atoms with Gasteiger partial charge in [-0.15, -0.1) is 0 Å². The lowest BCUT2D eigenvalue weighted by molar-refractivity contribution is -0.305. The summed E-state index contributed by atoms with van der Waals surface area (Å²) in [6.07, 6.45) is 15.6. The van der Waals surface area contributed by atoms with Gasteiger partial charge in [-0.05, 0) is 12.8 Å². The lowest BCUT2D eigenvalue weighted by atomic mass is 9.99. The summed E-state index contributed by atoms with van der Waals surface area (Å²) in [5.41, 5.74) is 0. The van der Waals surface area contributed by atoms with Crippen molar-refractivity contribution in [3.05, 3.63) is 0 Å². The molecule has 6 atom stereocenters. The van der Waals surface area contributed by atoms with Gasteiger partial charge in [0.15, 0.2) is 12.4 Å². The molecule has 1 aliphatic heterocycles. The maximum absolute atomic E-state index is 12.6. The van der Waals surface area contributed by atoms with Gasteiger partial charge in [0.2, 0.25) is 0 Å². The third-order valence-corrected chi connectivity index (χ3v) is 8.49. The van der Waals surface area contributed by atoms with Gasteiger partial charge >= 0.3 is 11.9 Å². The third-order valence-electron chi connectivity index (χ3n) is 8.49. The molecule has 0 radical (unpaired) electrons. The summed E-state index contributed by atoms with van der Waals surface area (Å²) >= 11 is 0. The predicted molar refractivity (Wildman–Crippen MR) is 173 cm³/mol. The summed E-state index contributed by atoms with van der Waals surface area (Å²) in [6.45, 7) is 3.36. The number of rotatable bonds is 29. The highest BCUT2D eigenvalue weighted by molar-refractivity contribution is 5.70. The highest BCUT2D eigenvalue weighted by Gasteiger charge is 2.44. The number of ether oxygens (including phenoxy) is 4. The molecule has 0 aromatic heterocycles. The van der Waals surface area contributed by atoms with Gasteiger partial charge < -0.3 is 39.4 Å². The maximum atomic E-state index is 12.6. The first-order valence-electron chi connectivity index (χ1n) is 18.1. The van der Waals surface area contributed by atoms with Gasteiger partial charge in [-0.25, -0.2) is 0 Å². The first-order chi connectivity index (χ1) is 21.8. The lowest BCUT2D eigenvalue weighted by Crippen LogP contribution is -2.59. The first-order valence-corrected chi connectivity index (χ1v) is 18.1. The Morgan fingerprint density at radius 3 is 1.51 bits per heavy atom. The molecule has 10 nitrogen and oxygen atoms in total. The van der Waals surface area contributed by atoms with Crippen LogP contribution in [0.3, 0.4) is 0 Å². The van der Waals surface area contributed by atoms with Gasteiger partial charge in [-0.3, -0.25) is 9.59 Å². The molecule has 0 saturated carbocycles. The number of carbonyl (C=O) groups is 2. The van der Waals surface area contributed by atoms with E-state index >= 15 is 0 Å². The van der Waals surface area contributed by atoms with Crippen molar-refractivity contribution in [1.82, 2.24) is 0 Å². The summed E-state index contributed by atoms with van der Waals surface area (Å²) in [5.74, 6) is -0.806. The van der Waals surface area contributed by atoms with E-state index in [1.807, 2.05) is 0 Å². The van der Waals surface area contributed by atoms with Crippen LogP contribution < -0.4 is 0 Å². The van der Waals surface area contributed by atoms with Crippen LogP contribution in [0, 0.1) is 0 Å². The summed E-state index contributed by atoms with van der Waals surface area (Å²) in [4.78, 5) is 25.0. The summed E-state index contributed by atoms with van der Waals surface area (Å²) in [6, 6.07) is 0. The average molecular weight is 647 g/mol. The number of esters is 2. The molecule has 0 aromatic rings. The van der Waals surface area contributed by atoms with Crippen molar-refractivity contribution in [2.75, 3.05) is 19.8 Å². The van der Waals surface area contributed by atoms with E-state index in [1.54, 1.807) is 0 Å². The molecule has 0 aliphatic carbocycles. The van der Waals surface area contributed by atoms with Crippen molar-refractivity contribution in [3.8, 4) is 0 Å². The molecular weight excluding hydrogens is 580 g/mol. The second-order valence-corrected chi connectivity index (χ2v) is 12.7. The van der Waals surface area contributed by atoms with E-state index < -0.39 is 49.4 Å². The Hall–Kier alpha value is -1.30. The van der Waals surface area contributed by atoms with Crippen molar-refractivity contribution in [2.45, 2.75) is 192 Å². The van der Waals surface area contributed by atoms with Crippen LogP contribution in [0.1, 0.15) is 155 Å². The number of aliphatic hydroxyl groups is 4. The highest BCUT2D eigenvalue weighted by Crippen LogP contribution is 2.22. The second-order valence-electron chi connectivity index (χ2n) is 12.7. The summed E-state index contributed by atoms with van der Waals surface area (Å²) < 4.78 is 22.0. The van der Waals surface area contributed by atoms with Crippen LogP contribution in [0.4, 0.5) is 0 Å². The van der Waals surface area contributed by atoms with Crippen LogP contribution in [0.5, 0.6) is 0 Å². The third kappa shape index (κ3) is 20.5. The van der Waals surface area contributed by atoms with Gasteiger partial charge in [-0.2, -0.15) is 0 Å². The predicted octanol–water partition coefficient (Wildman–Crippen LogP) is 5.88. The van der Waals surface area contributed by atoms with E-state index in [0.29, 0.717) is 6.42 Å². The van der Waals surface area contributed by atoms with Gasteiger partial charge in [0.05, 0.1) is 13.2 Å². The van der Waals surface area contributed by atoms with E-state index in [4.69, 9.17) is 18.9 Å². The van der Waals surface area contributed by atoms with Crippen LogP contribution in [0.25, 0.3) is 0 Å². The van der Waals surface area contributed by atoms with Crippen molar-refractivity contribution >= 4 is 11.9 Å². The molecule has 1 heterocycles. The monoisotopic (exact) mass is 646 g/mol. The zero-order chi connectivity index (χ0) is 33.1. The van der Waals surface area contributed by atoms with Crippen LogP contribution >= 0.6 is 0 Å². The largest absolute Gasteiger partial charge is 0.462 e. The minimum Gasteiger partial charge on any atom is -0.462 e. The van der Waals surface area contributed by atoms with E-state index in [9.17, 15) is 30.0 Å². The number of unbranched alkanes of at least 4 members (excludes halogenated alkanes) is 18. The Morgan fingerprint density at radius 2 is 1.04 bits per heavy atom. The zero-order valence-electron chi connectivity index (χ0n) is 28.4. The molecule has 2 unspecified atom stereocenters. The van der Waals surface area contributed by atoms with Crippen LogP contribution in [0.15, 0.2) is 0 Å². The lowest BCUT2D eigenvalue weighted by Gasteiger charge is -2.39. The second kappa shape index (κ2) is 27.8. The number of aliphatic hydroxyl groups excluding tert-OH is 4. The van der Waals surface area contributed by atoms with Crippen molar-refractivity contribution in [1.29, 1.82) is 0 Å². The molecule has 1 fully saturated rings. The van der Waals surface area contributed by atoms with Gasteiger partial charge in [-0.1, -0.05) is 129 Å². The molecule has 10 heteroatoms. The van der Waals surface area contributed by atoms with E-state index in [-0.39, 0.29) is 32.0 Å². The first kappa shape index (κ1) is 41.7. The molecule has 1 saturated heterocycles. The molecule has 0 amide bonds. The summed E-state index contributed by atoms with van der Waals surface area (Å²) in [7, 11) is 0. The fourth-order valence-corrected chi connectivity index (χ4v) is 5.54. The number of hydrogen-bond acceptors (Lipinski definition) is 10. The smallest absolute Gasteiger partial charge is 0.306 e. The Kier molecular flexibility index (Phi) is 25.8. The highest BCUT2D eigenvalue weighted by atomic mass is 16.7. The Labute approximate surface area is 272 Å². The molecule has 266 valence electrons. The minimum atomic E-state index is -1.59. The molecule has 45 heavy (non-hydrogen) atoms.